The maximum absolute atomic E-state index is 12.8. The molecule has 0 heterocycles. The van der Waals surface area contributed by atoms with Gasteiger partial charge in [-0.15, -0.1) is 0 Å². The van der Waals surface area contributed by atoms with E-state index >= 15 is 0 Å². The number of benzene rings is 3. The van der Waals surface area contributed by atoms with E-state index in [2.05, 4.69) is 18.8 Å². The van der Waals surface area contributed by atoms with Gasteiger partial charge < -0.3 is 14.7 Å². The number of alkyl halides is 3. The Labute approximate surface area is 219 Å². The Balaban J connectivity index is 1.64. The van der Waals surface area contributed by atoms with Gasteiger partial charge in [-0.25, -0.2) is 0 Å². The van der Waals surface area contributed by atoms with Gasteiger partial charge >= 0.3 is 12.1 Å². The summed E-state index contributed by atoms with van der Waals surface area (Å²) in [6.45, 7) is 2.20. The number of hydrogen-bond acceptors (Lipinski definition) is 3. The molecule has 0 fully saturated rings. The highest BCUT2D eigenvalue weighted by Gasteiger charge is 2.30. The van der Waals surface area contributed by atoms with Crippen LogP contribution in [0.3, 0.4) is 0 Å². The minimum absolute atomic E-state index is 0.0282. The van der Waals surface area contributed by atoms with E-state index in [9.17, 15) is 27.9 Å². The zero-order valence-electron chi connectivity index (χ0n) is 20.9. The third-order valence-electron chi connectivity index (χ3n) is 5.62. The molecule has 3 rings (SSSR count). The van der Waals surface area contributed by atoms with E-state index in [4.69, 9.17) is 4.74 Å². The van der Waals surface area contributed by atoms with Crippen LogP contribution in [0.5, 0.6) is 5.75 Å². The highest BCUT2D eigenvalue weighted by atomic mass is 19.4. The van der Waals surface area contributed by atoms with Crippen molar-refractivity contribution in [2.45, 2.75) is 38.9 Å². The Morgan fingerprint density at radius 3 is 1.97 bits per heavy atom. The Kier molecular flexibility index (Phi) is 9.94. The highest BCUT2D eigenvalue weighted by Crippen LogP contribution is 2.29. The number of halogens is 3. The van der Waals surface area contributed by atoms with Crippen LogP contribution in [0.4, 0.5) is 13.2 Å². The minimum atomic E-state index is -4.53. The number of rotatable bonds is 10. The maximum Gasteiger partial charge on any atom is 0.416 e. The lowest BCUT2D eigenvalue weighted by atomic mass is 10.1. The van der Waals surface area contributed by atoms with Crippen molar-refractivity contribution in [1.82, 2.24) is 4.90 Å². The predicted molar refractivity (Wildman–Crippen MR) is 138 cm³/mol. The summed E-state index contributed by atoms with van der Waals surface area (Å²) in [5.41, 5.74) is 1.29. The van der Waals surface area contributed by atoms with Gasteiger partial charge in [0.2, 0.25) is 0 Å². The zero-order chi connectivity index (χ0) is 27.5. The van der Waals surface area contributed by atoms with Gasteiger partial charge in [-0.05, 0) is 72.6 Å². The van der Waals surface area contributed by atoms with Crippen molar-refractivity contribution in [2.75, 3.05) is 13.2 Å². The SMILES string of the molecule is CCCCCOc1ccc(C#Cc2ccc(CN(CC(=O)O)C(=O)c3ccc(C(F)(F)F)cc3)cc2)cc1. The second-order valence-corrected chi connectivity index (χ2v) is 8.66. The zero-order valence-corrected chi connectivity index (χ0v) is 20.9. The summed E-state index contributed by atoms with van der Waals surface area (Å²) in [6, 6.07) is 18.2. The largest absolute Gasteiger partial charge is 0.494 e. The Bertz CT molecular complexity index is 1270. The van der Waals surface area contributed by atoms with Gasteiger partial charge in [-0.1, -0.05) is 43.7 Å². The van der Waals surface area contributed by atoms with Crippen molar-refractivity contribution in [3.05, 3.63) is 101 Å². The fourth-order valence-electron chi connectivity index (χ4n) is 3.58. The lowest BCUT2D eigenvalue weighted by Crippen LogP contribution is -2.35. The Morgan fingerprint density at radius 2 is 1.45 bits per heavy atom. The third-order valence-corrected chi connectivity index (χ3v) is 5.62. The number of unbranched alkanes of at least 4 members (excludes halogenated alkanes) is 2. The highest BCUT2D eigenvalue weighted by molar-refractivity contribution is 5.95. The first-order chi connectivity index (χ1) is 18.2. The van der Waals surface area contributed by atoms with E-state index in [-0.39, 0.29) is 12.1 Å². The number of carbonyl (C=O) groups excluding carboxylic acids is 1. The van der Waals surface area contributed by atoms with Crippen molar-refractivity contribution in [1.29, 1.82) is 0 Å². The molecule has 38 heavy (non-hydrogen) atoms. The van der Waals surface area contributed by atoms with Gasteiger partial charge in [0.05, 0.1) is 12.2 Å². The second-order valence-electron chi connectivity index (χ2n) is 8.66. The maximum atomic E-state index is 12.8. The molecule has 0 aliphatic heterocycles. The molecule has 0 radical (unpaired) electrons. The molecule has 1 amide bonds. The van der Waals surface area contributed by atoms with E-state index in [0.717, 1.165) is 65.3 Å². The third kappa shape index (κ3) is 8.70. The summed E-state index contributed by atoms with van der Waals surface area (Å²) in [5, 5.41) is 9.24. The first-order valence-electron chi connectivity index (χ1n) is 12.2. The Hall–Kier alpha value is -4.25. The number of nitrogens with zero attached hydrogens (tertiary/aromatic N) is 1. The molecule has 3 aromatic rings. The fourth-order valence-corrected chi connectivity index (χ4v) is 3.58. The van der Waals surface area contributed by atoms with Gasteiger partial charge in [-0.3, -0.25) is 9.59 Å². The van der Waals surface area contributed by atoms with E-state index in [0.29, 0.717) is 12.2 Å². The second kappa shape index (κ2) is 13.3. The molecule has 5 nitrogen and oxygen atoms in total. The fraction of sp³-hybridized carbons (Fsp3) is 0.267. The van der Waals surface area contributed by atoms with Crippen molar-refractivity contribution in [3.8, 4) is 17.6 Å². The van der Waals surface area contributed by atoms with Crippen LogP contribution in [0.1, 0.15) is 58.8 Å². The first-order valence-corrected chi connectivity index (χ1v) is 12.2. The molecule has 0 atom stereocenters. The van der Waals surface area contributed by atoms with Crippen LogP contribution in [0.25, 0.3) is 0 Å². The molecular formula is C30H28F3NO4. The van der Waals surface area contributed by atoms with E-state index in [1.54, 1.807) is 24.3 Å². The number of carboxylic acid groups (broad SMARTS) is 1. The van der Waals surface area contributed by atoms with Crippen molar-refractivity contribution in [2.24, 2.45) is 0 Å². The van der Waals surface area contributed by atoms with E-state index in [1.807, 2.05) is 24.3 Å². The molecule has 8 heteroatoms. The lowest BCUT2D eigenvalue weighted by molar-refractivity contribution is -0.138. The van der Waals surface area contributed by atoms with Gasteiger partial charge in [0.25, 0.3) is 5.91 Å². The number of ether oxygens (including phenoxy) is 1. The van der Waals surface area contributed by atoms with Crippen LogP contribution in [0, 0.1) is 11.8 Å². The standard InChI is InChI=1S/C30H28F3NO4/c1-2-3-4-19-38-27-17-11-23(12-18-27)6-5-22-7-9-24(10-8-22)20-34(21-28(35)36)29(37)25-13-15-26(16-14-25)30(31,32)33/h7-18H,2-4,19-21H2,1H3,(H,35,36). The lowest BCUT2D eigenvalue weighted by Gasteiger charge is -2.21. The average molecular weight is 524 g/mol. The summed E-state index contributed by atoms with van der Waals surface area (Å²) in [7, 11) is 0. The first kappa shape index (κ1) is 28.3. The molecule has 0 bridgehead atoms. The molecule has 0 unspecified atom stereocenters. The van der Waals surface area contributed by atoms with Crippen molar-refractivity contribution in [3.63, 3.8) is 0 Å². The normalized spacial score (nSPS) is 10.8. The van der Waals surface area contributed by atoms with Gasteiger partial charge in [0.15, 0.2) is 0 Å². The van der Waals surface area contributed by atoms with Gasteiger partial charge in [-0.2, -0.15) is 13.2 Å². The molecule has 0 spiro atoms. The molecule has 3 aromatic carbocycles. The molecule has 0 aliphatic rings. The average Bonchev–Trinajstić information content (AvgIpc) is 2.90. The molecule has 0 saturated carbocycles. The molecule has 198 valence electrons. The smallest absolute Gasteiger partial charge is 0.416 e. The van der Waals surface area contributed by atoms with Gasteiger partial charge in [0, 0.05) is 23.2 Å². The number of carbonyl (C=O) groups is 2. The van der Waals surface area contributed by atoms with Crippen LogP contribution in [-0.2, 0) is 17.5 Å². The minimum Gasteiger partial charge on any atom is -0.494 e. The quantitative estimate of drug-likeness (QED) is 0.247. The molecule has 0 aromatic heterocycles. The van der Waals surface area contributed by atoms with Crippen LogP contribution >= 0.6 is 0 Å². The number of amides is 1. The number of carboxylic acids is 1. The van der Waals surface area contributed by atoms with E-state index in [1.165, 1.54) is 0 Å². The van der Waals surface area contributed by atoms with Crippen LogP contribution in [0.15, 0.2) is 72.8 Å². The summed E-state index contributed by atoms with van der Waals surface area (Å²) in [4.78, 5) is 25.2. The van der Waals surface area contributed by atoms with Crippen molar-refractivity contribution < 1.29 is 32.6 Å². The molecular weight excluding hydrogens is 495 g/mol. The van der Waals surface area contributed by atoms with E-state index < -0.39 is 30.2 Å². The number of aliphatic carboxylic acids is 1. The molecule has 0 aliphatic carbocycles. The topological polar surface area (TPSA) is 66.8 Å². The number of hydrogen-bond donors (Lipinski definition) is 1. The van der Waals surface area contributed by atoms with Crippen LogP contribution in [-0.4, -0.2) is 35.0 Å². The van der Waals surface area contributed by atoms with Crippen molar-refractivity contribution >= 4 is 11.9 Å². The summed E-state index contributed by atoms with van der Waals surface area (Å²) in [5.74, 6) is 5.03. The van der Waals surface area contributed by atoms with Crippen LogP contribution < -0.4 is 4.74 Å². The molecule has 0 saturated heterocycles. The summed E-state index contributed by atoms with van der Waals surface area (Å²) >= 11 is 0. The van der Waals surface area contributed by atoms with Crippen LogP contribution in [0.2, 0.25) is 0 Å². The predicted octanol–water partition coefficient (Wildman–Crippen LogP) is 6.40. The monoisotopic (exact) mass is 523 g/mol. The summed E-state index contributed by atoms with van der Waals surface area (Å²) < 4.78 is 44.1. The molecule has 1 N–H and O–H groups in total. The van der Waals surface area contributed by atoms with Gasteiger partial charge in [0.1, 0.15) is 12.3 Å². The Morgan fingerprint density at radius 1 is 0.868 bits per heavy atom. The summed E-state index contributed by atoms with van der Waals surface area (Å²) in [6.07, 6.45) is -1.24.